The lowest BCUT2D eigenvalue weighted by Gasteiger charge is -2.12. The number of aromatic nitrogens is 5. The summed E-state index contributed by atoms with van der Waals surface area (Å²) in [4.78, 5) is 4.30. The smallest absolute Gasteiger partial charge is 0.168 e. The minimum absolute atomic E-state index is 0.772. The Morgan fingerprint density at radius 3 is 2.33 bits per heavy atom. The Kier molecular flexibility index (Phi) is 4.90. The molecular formula is C21H20BrN5. The number of hydrogen-bond acceptors (Lipinski definition) is 3. The van der Waals surface area contributed by atoms with Crippen LogP contribution in [0.1, 0.15) is 17.2 Å². The number of hydrogen-bond donors (Lipinski definition) is 0. The lowest BCUT2D eigenvalue weighted by Crippen LogP contribution is -2.08. The Balaban J connectivity index is 1.75. The third-order valence-corrected chi connectivity index (χ3v) is 5.15. The maximum Gasteiger partial charge on any atom is 0.168 e. The molecule has 136 valence electrons. The highest BCUT2D eigenvalue weighted by Crippen LogP contribution is 2.25. The third-order valence-electron chi connectivity index (χ3n) is 4.62. The number of nitrogens with zero attached hydrogens (tertiary/aromatic N) is 5. The molecule has 6 heteroatoms. The first kappa shape index (κ1) is 17.7. The van der Waals surface area contributed by atoms with Gasteiger partial charge in [-0.25, -0.2) is 4.98 Å². The normalized spacial score (nSPS) is 11.1. The summed E-state index contributed by atoms with van der Waals surface area (Å²) in [5.41, 5.74) is 3.34. The van der Waals surface area contributed by atoms with Crippen LogP contribution in [0.2, 0.25) is 0 Å². The van der Waals surface area contributed by atoms with E-state index in [-0.39, 0.29) is 0 Å². The zero-order valence-electron chi connectivity index (χ0n) is 15.3. The van der Waals surface area contributed by atoms with Gasteiger partial charge < -0.3 is 4.57 Å². The summed E-state index contributed by atoms with van der Waals surface area (Å²) in [5, 5.41) is 9.02. The minimum atomic E-state index is 0.772. The summed E-state index contributed by atoms with van der Waals surface area (Å²) in [6.45, 7) is 4.92. The van der Waals surface area contributed by atoms with E-state index in [1.807, 2.05) is 31.5 Å². The van der Waals surface area contributed by atoms with Crippen LogP contribution in [0, 0.1) is 13.8 Å². The molecule has 0 aliphatic carbocycles. The Labute approximate surface area is 166 Å². The molecule has 0 saturated carbocycles. The van der Waals surface area contributed by atoms with Gasteiger partial charge in [-0.2, -0.15) is 0 Å². The van der Waals surface area contributed by atoms with E-state index >= 15 is 0 Å². The van der Waals surface area contributed by atoms with Crippen molar-refractivity contribution in [2.45, 2.75) is 26.8 Å². The van der Waals surface area contributed by atoms with Gasteiger partial charge in [0.1, 0.15) is 11.6 Å². The molecule has 0 aliphatic rings. The van der Waals surface area contributed by atoms with Gasteiger partial charge in [0.15, 0.2) is 5.82 Å². The van der Waals surface area contributed by atoms with Gasteiger partial charge in [0.05, 0.1) is 0 Å². The summed E-state index contributed by atoms with van der Waals surface area (Å²) in [6, 6.07) is 16.6. The molecule has 2 aromatic carbocycles. The molecule has 0 bridgehead atoms. The van der Waals surface area contributed by atoms with Crippen LogP contribution in [0.4, 0.5) is 0 Å². The second-order valence-electron chi connectivity index (χ2n) is 6.54. The SMILES string of the molecule is Cc1ccc(-n2c(CCn3ccnc3C)nnc2-c2ccc(Br)cc2)cc1. The van der Waals surface area contributed by atoms with Gasteiger partial charge in [0.25, 0.3) is 0 Å². The molecule has 27 heavy (non-hydrogen) atoms. The van der Waals surface area contributed by atoms with Crippen LogP contribution in [-0.2, 0) is 13.0 Å². The highest BCUT2D eigenvalue weighted by molar-refractivity contribution is 9.10. The first-order valence-corrected chi connectivity index (χ1v) is 9.66. The average molecular weight is 422 g/mol. The molecule has 4 aromatic rings. The number of benzene rings is 2. The van der Waals surface area contributed by atoms with Crippen LogP contribution in [-0.4, -0.2) is 24.3 Å². The van der Waals surface area contributed by atoms with E-state index in [4.69, 9.17) is 0 Å². The highest BCUT2D eigenvalue weighted by Gasteiger charge is 2.16. The van der Waals surface area contributed by atoms with Crippen molar-refractivity contribution < 1.29 is 0 Å². The van der Waals surface area contributed by atoms with E-state index in [2.05, 4.69) is 83.6 Å². The zero-order chi connectivity index (χ0) is 18.8. The van der Waals surface area contributed by atoms with E-state index in [0.29, 0.717) is 0 Å². The Morgan fingerprint density at radius 2 is 1.67 bits per heavy atom. The molecule has 4 rings (SSSR count). The Bertz CT molecular complexity index is 1050. The number of imidazole rings is 1. The van der Waals surface area contributed by atoms with E-state index in [0.717, 1.165) is 46.2 Å². The Hall–Kier alpha value is -2.73. The van der Waals surface area contributed by atoms with Crippen LogP contribution in [0.15, 0.2) is 65.4 Å². The van der Waals surface area contributed by atoms with Crippen molar-refractivity contribution in [2.75, 3.05) is 0 Å². The molecule has 0 spiro atoms. The minimum Gasteiger partial charge on any atom is -0.335 e. The molecule has 0 saturated heterocycles. The van der Waals surface area contributed by atoms with Gasteiger partial charge in [-0.15, -0.1) is 10.2 Å². The summed E-state index contributed by atoms with van der Waals surface area (Å²) in [6.07, 6.45) is 4.60. The lowest BCUT2D eigenvalue weighted by atomic mass is 10.2. The van der Waals surface area contributed by atoms with Crippen molar-refractivity contribution in [2.24, 2.45) is 0 Å². The standard InChI is InChI=1S/C21H20BrN5/c1-15-3-9-19(10-4-15)27-20(11-13-26-14-12-23-16(26)2)24-25-21(27)17-5-7-18(22)8-6-17/h3-10,12,14H,11,13H2,1-2H3. The summed E-state index contributed by atoms with van der Waals surface area (Å²) < 4.78 is 5.33. The number of halogens is 1. The molecule has 0 unspecified atom stereocenters. The lowest BCUT2D eigenvalue weighted by molar-refractivity contribution is 0.644. The quantitative estimate of drug-likeness (QED) is 0.466. The molecule has 0 atom stereocenters. The monoisotopic (exact) mass is 421 g/mol. The van der Waals surface area contributed by atoms with E-state index in [9.17, 15) is 0 Å². The largest absolute Gasteiger partial charge is 0.335 e. The van der Waals surface area contributed by atoms with Crippen molar-refractivity contribution in [3.63, 3.8) is 0 Å². The number of aryl methyl sites for hydroxylation is 4. The Morgan fingerprint density at radius 1 is 0.926 bits per heavy atom. The van der Waals surface area contributed by atoms with Crippen LogP contribution >= 0.6 is 15.9 Å². The van der Waals surface area contributed by atoms with Gasteiger partial charge in [0, 0.05) is 41.1 Å². The molecule has 0 radical (unpaired) electrons. The van der Waals surface area contributed by atoms with Gasteiger partial charge in [-0.05, 0) is 38.1 Å². The molecular weight excluding hydrogens is 402 g/mol. The van der Waals surface area contributed by atoms with Gasteiger partial charge >= 0.3 is 0 Å². The van der Waals surface area contributed by atoms with Crippen molar-refractivity contribution in [1.29, 1.82) is 0 Å². The maximum atomic E-state index is 4.51. The highest BCUT2D eigenvalue weighted by atomic mass is 79.9. The summed E-state index contributed by atoms with van der Waals surface area (Å²) >= 11 is 3.50. The molecule has 0 amide bonds. The van der Waals surface area contributed by atoms with Crippen LogP contribution in [0.5, 0.6) is 0 Å². The van der Waals surface area contributed by atoms with Gasteiger partial charge in [0.2, 0.25) is 0 Å². The van der Waals surface area contributed by atoms with Crippen LogP contribution in [0.25, 0.3) is 17.1 Å². The molecule has 0 fully saturated rings. The zero-order valence-corrected chi connectivity index (χ0v) is 16.9. The third kappa shape index (κ3) is 3.71. The predicted molar refractivity (Wildman–Crippen MR) is 110 cm³/mol. The van der Waals surface area contributed by atoms with Crippen LogP contribution in [0.3, 0.4) is 0 Å². The molecule has 5 nitrogen and oxygen atoms in total. The molecule has 0 aliphatic heterocycles. The summed E-state index contributed by atoms with van der Waals surface area (Å²) in [7, 11) is 0. The van der Waals surface area contributed by atoms with E-state index < -0.39 is 0 Å². The van der Waals surface area contributed by atoms with E-state index in [1.165, 1.54) is 5.56 Å². The fraction of sp³-hybridized carbons (Fsp3) is 0.190. The first-order chi connectivity index (χ1) is 13.1. The fourth-order valence-electron chi connectivity index (χ4n) is 3.09. The second kappa shape index (κ2) is 7.48. The van der Waals surface area contributed by atoms with Gasteiger partial charge in [-0.1, -0.05) is 45.8 Å². The average Bonchev–Trinajstić information content (AvgIpc) is 3.27. The molecule has 2 aromatic heterocycles. The van der Waals surface area contributed by atoms with Gasteiger partial charge in [-0.3, -0.25) is 4.57 Å². The fourth-order valence-corrected chi connectivity index (χ4v) is 3.35. The predicted octanol–water partition coefficient (Wildman–Crippen LogP) is 4.75. The topological polar surface area (TPSA) is 48.5 Å². The summed E-state index contributed by atoms with van der Waals surface area (Å²) in [5.74, 6) is 2.79. The maximum absolute atomic E-state index is 4.51. The van der Waals surface area contributed by atoms with Crippen LogP contribution < -0.4 is 0 Å². The molecule has 0 N–H and O–H groups in total. The van der Waals surface area contributed by atoms with E-state index in [1.54, 1.807) is 0 Å². The molecule has 2 heterocycles. The second-order valence-corrected chi connectivity index (χ2v) is 7.45. The van der Waals surface area contributed by atoms with Crippen molar-refractivity contribution in [3.05, 3.63) is 82.6 Å². The van der Waals surface area contributed by atoms with Crippen molar-refractivity contribution >= 4 is 15.9 Å². The van der Waals surface area contributed by atoms with Crippen molar-refractivity contribution in [3.8, 4) is 17.1 Å². The van der Waals surface area contributed by atoms with Crippen molar-refractivity contribution in [1.82, 2.24) is 24.3 Å². The number of rotatable bonds is 5. The first-order valence-electron chi connectivity index (χ1n) is 8.87.